The average Bonchev–Trinajstić information content (AvgIpc) is 2.79. The lowest BCUT2D eigenvalue weighted by Crippen LogP contribution is -2.49. The fraction of sp³-hybridized carbons (Fsp3) is 0.261. The monoisotopic (exact) mass is 455 g/mol. The molecule has 0 bridgehead atoms. The lowest BCUT2D eigenvalue weighted by molar-refractivity contribution is -0.130. The minimum Gasteiger partial charge on any atom is -0.497 e. The van der Waals surface area contributed by atoms with Crippen molar-refractivity contribution in [1.29, 1.82) is 0 Å². The predicted octanol–water partition coefficient (Wildman–Crippen LogP) is 3.92. The van der Waals surface area contributed by atoms with E-state index in [1.165, 1.54) is 12.2 Å². The van der Waals surface area contributed by atoms with Crippen LogP contribution in [0.4, 0.5) is 16.2 Å². The smallest absolute Gasteiger partial charge is 0.412 e. The van der Waals surface area contributed by atoms with Gasteiger partial charge < -0.3 is 19.7 Å². The van der Waals surface area contributed by atoms with Crippen LogP contribution in [-0.4, -0.2) is 43.0 Å². The lowest BCUT2D eigenvalue weighted by atomic mass is 9.82. The van der Waals surface area contributed by atoms with Gasteiger partial charge in [-0.25, -0.2) is 4.79 Å². The number of methoxy groups -OCH3 is 1. The Morgan fingerprint density at radius 1 is 1.16 bits per heavy atom. The third-order valence-corrected chi connectivity index (χ3v) is 5.87. The minimum absolute atomic E-state index is 0.280. The number of benzene rings is 2. The zero-order valence-corrected chi connectivity index (χ0v) is 18.1. The molecular weight excluding hydrogens is 434 g/mol. The Kier molecular flexibility index (Phi) is 6.05. The lowest BCUT2D eigenvalue weighted by Gasteiger charge is -2.44. The molecule has 2 aliphatic rings. The second-order valence-corrected chi connectivity index (χ2v) is 8.01. The quantitative estimate of drug-likeness (QED) is 0.681. The van der Waals surface area contributed by atoms with E-state index in [9.17, 15) is 14.4 Å². The molecule has 9 heteroatoms. The molecule has 1 saturated heterocycles. The highest BCUT2D eigenvalue weighted by atomic mass is 35.5. The Labute approximate surface area is 190 Å². The normalized spacial score (nSPS) is 16.8. The summed E-state index contributed by atoms with van der Waals surface area (Å²) in [4.78, 5) is 38.4. The van der Waals surface area contributed by atoms with Gasteiger partial charge in [-0.1, -0.05) is 11.6 Å². The van der Waals surface area contributed by atoms with Crippen molar-refractivity contribution in [2.45, 2.75) is 18.4 Å². The number of fused-ring (bicyclic) bond motifs is 2. The molecular formula is C23H22ClN3O5. The number of carbonyl (C=O) groups is 3. The van der Waals surface area contributed by atoms with E-state index >= 15 is 0 Å². The summed E-state index contributed by atoms with van der Waals surface area (Å²) in [5, 5.41) is 5.95. The summed E-state index contributed by atoms with van der Waals surface area (Å²) in [6, 6.07) is 12.1. The van der Waals surface area contributed by atoms with Crippen molar-refractivity contribution in [1.82, 2.24) is 4.90 Å². The molecule has 2 aliphatic heterocycles. The van der Waals surface area contributed by atoms with Crippen molar-refractivity contribution >= 4 is 40.9 Å². The highest BCUT2D eigenvalue weighted by Gasteiger charge is 2.45. The maximum absolute atomic E-state index is 12.6. The van der Waals surface area contributed by atoms with Crippen LogP contribution in [0.2, 0.25) is 5.02 Å². The third-order valence-electron chi connectivity index (χ3n) is 5.61. The Bertz CT molecular complexity index is 1080. The molecule has 166 valence electrons. The number of nitrogens with one attached hydrogen (secondary N) is 2. The van der Waals surface area contributed by atoms with Crippen LogP contribution in [-0.2, 0) is 19.9 Å². The third kappa shape index (κ3) is 4.55. The van der Waals surface area contributed by atoms with Crippen molar-refractivity contribution in [3.63, 3.8) is 0 Å². The number of piperidine rings is 1. The van der Waals surface area contributed by atoms with Gasteiger partial charge in [-0.2, -0.15) is 0 Å². The van der Waals surface area contributed by atoms with Gasteiger partial charge in [0.1, 0.15) is 11.4 Å². The molecule has 32 heavy (non-hydrogen) atoms. The number of rotatable bonds is 4. The maximum Gasteiger partial charge on any atom is 0.412 e. The first-order chi connectivity index (χ1) is 15.4. The van der Waals surface area contributed by atoms with Gasteiger partial charge in [-0.05, 0) is 42.5 Å². The largest absolute Gasteiger partial charge is 0.497 e. The standard InChI is InChI=1S/C23H22ClN3O5/c1-31-17-6-7-19-18(14-17)23(32-22(30)26-19)10-12-27(13-11-23)21(29)9-8-20(28)25-16-4-2-15(24)3-5-16/h2-9,14H,10-13H2,1H3,(H,25,28)(H,26,30)/b9-8+. The molecule has 2 aromatic carbocycles. The van der Waals surface area contributed by atoms with Crippen LogP contribution in [0.1, 0.15) is 18.4 Å². The topological polar surface area (TPSA) is 97.0 Å². The van der Waals surface area contributed by atoms with Gasteiger partial charge in [0.15, 0.2) is 0 Å². The number of halogens is 1. The van der Waals surface area contributed by atoms with Crippen LogP contribution >= 0.6 is 11.6 Å². The molecule has 1 spiro atoms. The molecule has 0 radical (unpaired) electrons. The number of amides is 3. The number of anilines is 2. The summed E-state index contributed by atoms with van der Waals surface area (Å²) < 4.78 is 11.0. The van der Waals surface area contributed by atoms with E-state index in [-0.39, 0.29) is 5.91 Å². The van der Waals surface area contributed by atoms with E-state index in [0.29, 0.717) is 48.1 Å². The van der Waals surface area contributed by atoms with Gasteiger partial charge in [0, 0.05) is 54.4 Å². The Hall–Kier alpha value is -3.52. The van der Waals surface area contributed by atoms with Crippen molar-refractivity contribution < 1.29 is 23.9 Å². The van der Waals surface area contributed by atoms with Crippen LogP contribution in [0.5, 0.6) is 5.75 Å². The molecule has 0 saturated carbocycles. The van der Waals surface area contributed by atoms with Crippen molar-refractivity contribution in [3.8, 4) is 5.75 Å². The van der Waals surface area contributed by atoms with E-state index in [4.69, 9.17) is 21.1 Å². The second-order valence-electron chi connectivity index (χ2n) is 7.58. The first-order valence-electron chi connectivity index (χ1n) is 10.1. The SMILES string of the molecule is COc1ccc2c(c1)C1(CCN(C(=O)/C=C/C(=O)Nc3ccc(Cl)cc3)CC1)OC(=O)N2. The Balaban J connectivity index is 1.40. The summed E-state index contributed by atoms with van der Waals surface area (Å²) >= 11 is 5.83. The number of carbonyl (C=O) groups excluding carboxylic acids is 3. The molecule has 4 rings (SSSR count). The number of hydrogen-bond donors (Lipinski definition) is 2. The maximum atomic E-state index is 12.6. The molecule has 0 aliphatic carbocycles. The van der Waals surface area contributed by atoms with E-state index in [0.717, 1.165) is 5.56 Å². The van der Waals surface area contributed by atoms with Crippen LogP contribution in [0.15, 0.2) is 54.6 Å². The fourth-order valence-electron chi connectivity index (χ4n) is 3.93. The second kappa shape index (κ2) is 8.92. The van der Waals surface area contributed by atoms with Crippen molar-refractivity contribution in [2.24, 2.45) is 0 Å². The first-order valence-corrected chi connectivity index (χ1v) is 10.5. The molecule has 2 heterocycles. The van der Waals surface area contributed by atoms with Gasteiger partial charge in [0.25, 0.3) is 0 Å². The highest BCUT2D eigenvalue weighted by molar-refractivity contribution is 6.30. The molecule has 0 unspecified atom stereocenters. The van der Waals surface area contributed by atoms with Crippen LogP contribution in [0.3, 0.4) is 0 Å². The first kappa shape index (κ1) is 21.7. The van der Waals surface area contributed by atoms with Crippen LogP contribution in [0.25, 0.3) is 0 Å². The Morgan fingerprint density at radius 2 is 1.88 bits per heavy atom. The summed E-state index contributed by atoms with van der Waals surface area (Å²) in [6.45, 7) is 0.762. The zero-order chi connectivity index (χ0) is 22.7. The van der Waals surface area contributed by atoms with Crippen LogP contribution in [0, 0.1) is 0 Å². The van der Waals surface area contributed by atoms with Crippen molar-refractivity contribution in [3.05, 3.63) is 65.2 Å². The molecule has 2 aromatic rings. The molecule has 8 nitrogen and oxygen atoms in total. The number of likely N-dealkylation sites (tertiary alicyclic amines) is 1. The van der Waals surface area contributed by atoms with E-state index < -0.39 is 17.6 Å². The van der Waals surface area contributed by atoms with Gasteiger partial charge in [0.2, 0.25) is 11.8 Å². The van der Waals surface area contributed by atoms with Gasteiger partial charge in [-0.15, -0.1) is 0 Å². The summed E-state index contributed by atoms with van der Waals surface area (Å²) in [5.41, 5.74) is 1.28. The van der Waals surface area contributed by atoms with E-state index in [1.807, 2.05) is 6.07 Å². The van der Waals surface area contributed by atoms with E-state index in [1.54, 1.807) is 48.4 Å². The predicted molar refractivity (Wildman–Crippen MR) is 120 cm³/mol. The average molecular weight is 456 g/mol. The summed E-state index contributed by atoms with van der Waals surface area (Å²) in [5.74, 6) is -0.0318. The molecule has 1 fully saturated rings. The molecule has 0 atom stereocenters. The van der Waals surface area contributed by atoms with Crippen LogP contribution < -0.4 is 15.4 Å². The fourth-order valence-corrected chi connectivity index (χ4v) is 4.06. The minimum atomic E-state index is -0.821. The molecule has 0 aromatic heterocycles. The molecule has 3 amide bonds. The zero-order valence-electron chi connectivity index (χ0n) is 17.4. The number of nitrogens with zero attached hydrogens (tertiary/aromatic N) is 1. The number of hydrogen-bond acceptors (Lipinski definition) is 5. The number of ether oxygens (including phenoxy) is 2. The summed E-state index contributed by atoms with van der Waals surface area (Å²) in [7, 11) is 1.58. The van der Waals surface area contributed by atoms with E-state index in [2.05, 4.69) is 10.6 Å². The van der Waals surface area contributed by atoms with Gasteiger partial charge in [0.05, 0.1) is 12.8 Å². The Morgan fingerprint density at radius 3 is 2.56 bits per heavy atom. The van der Waals surface area contributed by atoms with Crippen molar-refractivity contribution in [2.75, 3.05) is 30.8 Å². The van der Waals surface area contributed by atoms with Gasteiger partial charge in [-0.3, -0.25) is 14.9 Å². The molecule has 2 N–H and O–H groups in total. The highest BCUT2D eigenvalue weighted by Crippen LogP contribution is 2.44. The summed E-state index contributed by atoms with van der Waals surface area (Å²) in [6.07, 6.45) is 2.82. The van der Waals surface area contributed by atoms with Gasteiger partial charge >= 0.3 is 6.09 Å².